The van der Waals surface area contributed by atoms with Crippen LogP contribution in [0, 0.1) is 12.3 Å². The van der Waals surface area contributed by atoms with Gasteiger partial charge in [-0.25, -0.2) is 0 Å². The van der Waals surface area contributed by atoms with Crippen molar-refractivity contribution in [1.29, 1.82) is 0 Å². The van der Waals surface area contributed by atoms with Crippen molar-refractivity contribution in [2.45, 2.75) is 38.6 Å². The van der Waals surface area contributed by atoms with E-state index in [0.717, 1.165) is 12.5 Å². The average Bonchev–Trinajstić information content (AvgIpc) is 3.22. The van der Waals surface area contributed by atoms with Crippen LogP contribution >= 0.6 is 0 Å². The highest BCUT2D eigenvalue weighted by molar-refractivity contribution is 5.33. The molecule has 2 aliphatic rings. The van der Waals surface area contributed by atoms with Crippen LogP contribution in [0.15, 0.2) is 54.6 Å². The van der Waals surface area contributed by atoms with E-state index in [0.29, 0.717) is 5.41 Å². The summed E-state index contributed by atoms with van der Waals surface area (Å²) in [7, 11) is 0. The Hall–Kier alpha value is -1.60. The first-order chi connectivity index (χ1) is 10.8. The highest BCUT2D eigenvalue weighted by Crippen LogP contribution is 2.63. The predicted octanol–water partition coefficient (Wildman–Crippen LogP) is 4.76. The van der Waals surface area contributed by atoms with Crippen molar-refractivity contribution in [3.8, 4) is 0 Å². The molecule has 1 heterocycles. The minimum atomic E-state index is 0.572. The first-order valence-corrected chi connectivity index (χ1v) is 8.58. The van der Waals surface area contributed by atoms with Crippen LogP contribution in [0.1, 0.15) is 41.9 Å². The predicted molar refractivity (Wildman–Crippen MR) is 91.9 cm³/mol. The third-order valence-electron chi connectivity index (χ3n) is 5.61. The van der Waals surface area contributed by atoms with E-state index in [1.807, 2.05) is 0 Å². The molecular formula is C21H25N. The van der Waals surface area contributed by atoms with Gasteiger partial charge >= 0.3 is 0 Å². The summed E-state index contributed by atoms with van der Waals surface area (Å²) in [6.45, 7) is 5.83. The van der Waals surface area contributed by atoms with Crippen molar-refractivity contribution < 1.29 is 0 Å². The molecule has 0 radical (unpaired) electrons. The number of hydrogen-bond acceptors (Lipinski definition) is 1. The van der Waals surface area contributed by atoms with Crippen molar-refractivity contribution in [2.75, 3.05) is 13.1 Å². The van der Waals surface area contributed by atoms with Gasteiger partial charge in [-0.05, 0) is 55.2 Å². The number of rotatable bonds is 3. The van der Waals surface area contributed by atoms with E-state index in [1.54, 1.807) is 5.56 Å². The van der Waals surface area contributed by atoms with Crippen LogP contribution in [0.25, 0.3) is 0 Å². The van der Waals surface area contributed by atoms with Crippen molar-refractivity contribution >= 4 is 0 Å². The van der Waals surface area contributed by atoms with Gasteiger partial charge in [0.05, 0.1) is 0 Å². The molecule has 4 rings (SSSR count). The molecule has 0 amide bonds. The number of nitrogens with zero attached hydrogens (tertiary/aromatic N) is 1. The minimum absolute atomic E-state index is 0.572. The van der Waals surface area contributed by atoms with Crippen LogP contribution in [0.5, 0.6) is 0 Å². The fraction of sp³-hybridized carbons (Fsp3) is 0.429. The van der Waals surface area contributed by atoms with E-state index in [1.165, 1.54) is 43.5 Å². The molecule has 1 aliphatic carbocycles. The summed E-state index contributed by atoms with van der Waals surface area (Å²) < 4.78 is 0. The Balaban J connectivity index is 1.44. The zero-order valence-corrected chi connectivity index (χ0v) is 13.5. The van der Waals surface area contributed by atoms with Gasteiger partial charge in [0.1, 0.15) is 0 Å². The summed E-state index contributed by atoms with van der Waals surface area (Å²) in [5.74, 6) is 0.798. The molecule has 1 heteroatoms. The van der Waals surface area contributed by atoms with Gasteiger partial charge in [0.15, 0.2) is 0 Å². The lowest BCUT2D eigenvalue weighted by Gasteiger charge is -2.34. The molecule has 114 valence electrons. The molecule has 0 bridgehead atoms. The Kier molecular flexibility index (Phi) is 3.54. The van der Waals surface area contributed by atoms with E-state index in [4.69, 9.17) is 0 Å². The number of likely N-dealkylation sites (tertiary alicyclic amines) is 1. The fourth-order valence-electron chi connectivity index (χ4n) is 4.30. The summed E-state index contributed by atoms with van der Waals surface area (Å²) in [4.78, 5) is 2.67. The number of hydrogen-bond donors (Lipinski definition) is 0. The van der Waals surface area contributed by atoms with E-state index in [2.05, 4.69) is 66.4 Å². The van der Waals surface area contributed by atoms with Gasteiger partial charge in [0.25, 0.3) is 0 Å². The minimum Gasteiger partial charge on any atom is -0.299 e. The highest BCUT2D eigenvalue weighted by Gasteiger charge is 2.55. The Morgan fingerprint density at radius 1 is 1.05 bits per heavy atom. The normalized spacial score (nSPS) is 28.0. The zero-order valence-electron chi connectivity index (χ0n) is 13.5. The summed E-state index contributed by atoms with van der Waals surface area (Å²) >= 11 is 0. The van der Waals surface area contributed by atoms with Crippen LogP contribution < -0.4 is 0 Å². The molecule has 2 aromatic rings. The molecule has 2 atom stereocenters. The molecule has 22 heavy (non-hydrogen) atoms. The van der Waals surface area contributed by atoms with Gasteiger partial charge in [-0.3, -0.25) is 4.90 Å². The van der Waals surface area contributed by atoms with Gasteiger partial charge in [-0.2, -0.15) is 0 Å². The summed E-state index contributed by atoms with van der Waals surface area (Å²) in [5.41, 5.74) is 4.95. The van der Waals surface area contributed by atoms with Crippen LogP contribution in [-0.4, -0.2) is 18.0 Å². The Labute approximate surface area is 134 Å². The van der Waals surface area contributed by atoms with Crippen LogP contribution in [0.2, 0.25) is 0 Å². The standard InChI is InChI=1S/C21H25N/c1-17-8-10-19(11-9-17)20-14-21(20)12-5-13-22(16-21)15-18-6-3-2-4-7-18/h2-4,6-11,20H,5,12-16H2,1H3/t20?,21-/m1/s1. The topological polar surface area (TPSA) is 3.24 Å². The Morgan fingerprint density at radius 2 is 1.82 bits per heavy atom. The van der Waals surface area contributed by atoms with Gasteiger partial charge in [0, 0.05) is 13.1 Å². The quantitative estimate of drug-likeness (QED) is 0.787. The van der Waals surface area contributed by atoms with E-state index in [9.17, 15) is 0 Å². The van der Waals surface area contributed by atoms with Crippen LogP contribution in [-0.2, 0) is 6.54 Å². The molecule has 0 aromatic heterocycles. The van der Waals surface area contributed by atoms with Crippen molar-refractivity contribution in [2.24, 2.45) is 5.41 Å². The zero-order chi connectivity index (χ0) is 15.0. The van der Waals surface area contributed by atoms with Gasteiger partial charge in [-0.1, -0.05) is 60.2 Å². The van der Waals surface area contributed by atoms with Gasteiger partial charge in [0.2, 0.25) is 0 Å². The molecule has 1 aliphatic heterocycles. The van der Waals surface area contributed by atoms with Crippen molar-refractivity contribution in [3.05, 3.63) is 71.3 Å². The highest BCUT2D eigenvalue weighted by atomic mass is 15.1. The number of benzene rings is 2. The number of piperidine rings is 1. The van der Waals surface area contributed by atoms with Gasteiger partial charge < -0.3 is 0 Å². The maximum absolute atomic E-state index is 2.67. The molecule has 2 aromatic carbocycles. The van der Waals surface area contributed by atoms with Crippen molar-refractivity contribution in [1.82, 2.24) is 4.90 Å². The summed E-state index contributed by atoms with van der Waals surface area (Å²) in [5, 5.41) is 0. The van der Waals surface area contributed by atoms with E-state index < -0.39 is 0 Å². The molecule has 1 spiro atoms. The first kappa shape index (κ1) is 14.0. The SMILES string of the molecule is Cc1ccc(C2C[C@@]23CCCN(Cc2ccccc2)C3)cc1. The Bertz CT molecular complexity index is 631. The lowest BCUT2D eigenvalue weighted by Crippen LogP contribution is -2.36. The van der Waals surface area contributed by atoms with Crippen molar-refractivity contribution in [3.63, 3.8) is 0 Å². The van der Waals surface area contributed by atoms with Crippen LogP contribution in [0.4, 0.5) is 0 Å². The fourth-order valence-corrected chi connectivity index (χ4v) is 4.30. The first-order valence-electron chi connectivity index (χ1n) is 8.58. The molecule has 0 N–H and O–H groups in total. The summed E-state index contributed by atoms with van der Waals surface area (Å²) in [6.07, 6.45) is 4.16. The van der Waals surface area contributed by atoms with E-state index in [-0.39, 0.29) is 0 Å². The number of aryl methyl sites for hydroxylation is 1. The second-order valence-corrected chi connectivity index (χ2v) is 7.33. The largest absolute Gasteiger partial charge is 0.299 e. The lowest BCUT2D eigenvalue weighted by molar-refractivity contribution is 0.150. The molecule has 1 unspecified atom stereocenters. The Morgan fingerprint density at radius 3 is 2.59 bits per heavy atom. The second kappa shape index (κ2) is 5.55. The lowest BCUT2D eigenvalue weighted by atomic mass is 9.89. The second-order valence-electron chi connectivity index (χ2n) is 7.33. The maximum atomic E-state index is 2.67. The van der Waals surface area contributed by atoms with Gasteiger partial charge in [-0.15, -0.1) is 0 Å². The third kappa shape index (κ3) is 2.70. The average molecular weight is 291 g/mol. The molecular weight excluding hydrogens is 266 g/mol. The molecule has 2 fully saturated rings. The smallest absolute Gasteiger partial charge is 0.0233 e. The van der Waals surface area contributed by atoms with E-state index >= 15 is 0 Å². The molecule has 1 nitrogen and oxygen atoms in total. The molecule has 1 saturated heterocycles. The third-order valence-corrected chi connectivity index (χ3v) is 5.61. The monoisotopic (exact) mass is 291 g/mol. The maximum Gasteiger partial charge on any atom is 0.0233 e. The summed E-state index contributed by atoms with van der Waals surface area (Å²) in [6, 6.07) is 20.2. The van der Waals surface area contributed by atoms with Crippen LogP contribution in [0.3, 0.4) is 0 Å². The molecule has 1 saturated carbocycles.